The van der Waals surface area contributed by atoms with E-state index in [9.17, 15) is 5.11 Å². The van der Waals surface area contributed by atoms with E-state index in [0.29, 0.717) is 11.5 Å². The first kappa shape index (κ1) is 15.0. The molecular weight excluding hydrogens is 210 g/mol. The second-order valence-electron chi connectivity index (χ2n) is 6.71. The van der Waals surface area contributed by atoms with Gasteiger partial charge in [-0.3, -0.25) is 0 Å². The molecule has 0 bridgehead atoms. The maximum atomic E-state index is 9.81. The summed E-state index contributed by atoms with van der Waals surface area (Å²) in [5.74, 6) is 0.755. The molecule has 0 aliphatic heterocycles. The Morgan fingerprint density at radius 3 is 2.47 bits per heavy atom. The Bertz CT molecular complexity index is 209. The quantitative estimate of drug-likeness (QED) is 0.773. The van der Waals surface area contributed by atoms with Crippen molar-refractivity contribution < 1.29 is 5.11 Å². The average Bonchev–Trinajstić information content (AvgIpc) is 2.26. The molecule has 0 heterocycles. The minimum absolute atomic E-state index is 0.164. The number of hydrogen-bond donors (Lipinski definition) is 2. The lowest BCUT2D eigenvalue weighted by molar-refractivity contribution is 0.106. The van der Waals surface area contributed by atoms with E-state index in [0.717, 1.165) is 25.3 Å². The zero-order valence-corrected chi connectivity index (χ0v) is 12.1. The van der Waals surface area contributed by atoms with E-state index in [1.165, 1.54) is 25.7 Å². The smallest absolute Gasteiger partial charge is 0.0664 e. The molecule has 0 radical (unpaired) electrons. The Balaban J connectivity index is 2.43. The van der Waals surface area contributed by atoms with Crippen molar-refractivity contribution >= 4 is 0 Å². The largest absolute Gasteiger partial charge is 0.392 e. The highest BCUT2D eigenvalue weighted by atomic mass is 16.3. The molecule has 1 saturated carbocycles. The van der Waals surface area contributed by atoms with Crippen molar-refractivity contribution in [2.45, 2.75) is 78.4 Å². The third-order valence-corrected chi connectivity index (χ3v) is 4.12. The van der Waals surface area contributed by atoms with Gasteiger partial charge in [-0.2, -0.15) is 0 Å². The fourth-order valence-corrected chi connectivity index (χ4v) is 3.13. The molecule has 3 unspecified atom stereocenters. The molecule has 3 atom stereocenters. The molecule has 0 saturated heterocycles. The van der Waals surface area contributed by atoms with Crippen LogP contribution < -0.4 is 5.32 Å². The number of aliphatic hydroxyl groups excluding tert-OH is 1. The van der Waals surface area contributed by atoms with Crippen LogP contribution in [0.1, 0.15) is 66.2 Å². The average molecular weight is 241 g/mol. The molecule has 1 rings (SSSR count). The summed E-state index contributed by atoms with van der Waals surface area (Å²) in [5.41, 5.74) is 0.383. The molecule has 2 nitrogen and oxygen atoms in total. The van der Waals surface area contributed by atoms with Gasteiger partial charge >= 0.3 is 0 Å². The number of rotatable bonds is 5. The summed E-state index contributed by atoms with van der Waals surface area (Å²) < 4.78 is 0. The highest BCUT2D eigenvalue weighted by Gasteiger charge is 2.33. The third-order valence-electron chi connectivity index (χ3n) is 4.12. The third kappa shape index (κ3) is 4.97. The lowest BCUT2D eigenvalue weighted by Gasteiger charge is -2.41. The summed E-state index contributed by atoms with van der Waals surface area (Å²) in [6.45, 7) is 9.94. The second kappa shape index (κ2) is 6.75. The summed E-state index contributed by atoms with van der Waals surface area (Å²) in [6.07, 6.45) is 7.15. The molecular formula is C15H31NO. The molecule has 0 spiro atoms. The van der Waals surface area contributed by atoms with Crippen LogP contribution in [0.3, 0.4) is 0 Å². The maximum Gasteiger partial charge on any atom is 0.0664 e. The fourth-order valence-electron chi connectivity index (χ4n) is 3.13. The van der Waals surface area contributed by atoms with E-state index in [4.69, 9.17) is 0 Å². The predicted molar refractivity (Wildman–Crippen MR) is 74.1 cm³/mol. The zero-order chi connectivity index (χ0) is 12.9. The van der Waals surface area contributed by atoms with Crippen LogP contribution in [-0.2, 0) is 0 Å². The van der Waals surface area contributed by atoms with Gasteiger partial charge in [0.05, 0.1) is 6.10 Å². The SMILES string of the molecule is CCCC(O)CNC1CCCCC1C(C)(C)C. The summed E-state index contributed by atoms with van der Waals surface area (Å²) in [6, 6.07) is 0.607. The zero-order valence-electron chi connectivity index (χ0n) is 12.1. The van der Waals surface area contributed by atoms with Crippen LogP contribution in [0.25, 0.3) is 0 Å². The van der Waals surface area contributed by atoms with Crippen LogP contribution in [0, 0.1) is 11.3 Å². The molecule has 0 aromatic rings. The van der Waals surface area contributed by atoms with Crippen LogP contribution in [0.2, 0.25) is 0 Å². The minimum atomic E-state index is -0.164. The highest BCUT2D eigenvalue weighted by Crippen LogP contribution is 2.37. The highest BCUT2D eigenvalue weighted by molar-refractivity contribution is 4.88. The van der Waals surface area contributed by atoms with Crippen LogP contribution in [0.4, 0.5) is 0 Å². The topological polar surface area (TPSA) is 32.3 Å². The first-order valence-electron chi connectivity index (χ1n) is 7.36. The van der Waals surface area contributed by atoms with Crippen molar-refractivity contribution in [3.8, 4) is 0 Å². The normalized spacial score (nSPS) is 28.1. The van der Waals surface area contributed by atoms with Gasteiger partial charge in [0.1, 0.15) is 0 Å². The van der Waals surface area contributed by atoms with Crippen molar-refractivity contribution in [1.29, 1.82) is 0 Å². The summed E-state index contributed by atoms with van der Waals surface area (Å²) in [4.78, 5) is 0. The van der Waals surface area contributed by atoms with Crippen molar-refractivity contribution in [3.63, 3.8) is 0 Å². The molecule has 1 aliphatic carbocycles. The van der Waals surface area contributed by atoms with Gasteiger partial charge in [0, 0.05) is 12.6 Å². The molecule has 0 aromatic heterocycles. The standard InChI is InChI=1S/C15H31NO/c1-5-8-12(17)11-16-14-10-7-6-9-13(14)15(2,3)4/h12-14,16-17H,5-11H2,1-4H3. The van der Waals surface area contributed by atoms with Gasteiger partial charge in [0.2, 0.25) is 0 Å². The van der Waals surface area contributed by atoms with Gasteiger partial charge in [-0.05, 0) is 30.6 Å². The van der Waals surface area contributed by atoms with E-state index in [1.807, 2.05) is 0 Å². The van der Waals surface area contributed by atoms with Crippen LogP contribution in [0.5, 0.6) is 0 Å². The van der Waals surface area contributed by atoms with Crippen molar-refractivity contribution in [1.82, 2.24) is 5.32 Å². The number of nitrogens with one attached hydrogen (secondary N) is 1. The Hall–Kier alpha value is -0.0800. The lowest BCUT2D eigenvalue weighted by Crippen LogP contribution is -2.46. The first-order chi connectivity index (χ1) is 7.95. The Labute approximate surface area is 107 Å². The monoisotopic (exact) mass is 241 g/mol. The van der Waals surface area contributed by atoms with E-state index in [-0.39, 0.29) is 6.10 Å². The van der Waals surface area contributed by atoms with Gasteiger partial charge in [-0.15, -0.1) is 0 Å². The lowest BCUT2D eigenvalue weighted by atomic mass is 9.69. The van der Waals surface area contributed by atoms with Gasteiger partial charge in [0.25, 0.3) is 0 Å². The predicted octanol–water partition coefficient (Wildman–Crippen LogP) is 3.34. The first-order valence-corrected chi connectivity index (χ1v) is 7.36. The molecule has 102 valence electrons. The van der Waals surface area contributed by atoms with Crippen molar-refractivity contribution in [2.24, 2.45) is 11.3 Å². The molecule has 2 heteroatoms. The second-order valence-corrected chi connectivity index (χ2v) is 6.71. The van der Waals surface area contributed by atoms with E-state index in [2.05, 4.69) is 33.0 Å². The molecule has 2 N–H and O–H groups in total. The van der Waals surface area contributed by atoms with Gasteiger partial charge in [-0.1, -0.05) is 47.0 Å². The van der Waals surface area contributed by atoms with Gasteiger partial charge in [0.15, 0.2) is 0 Å². The minimum Gasteiger partial charge on any atom is -0.392 e. The maximum absolute atomic E-state index is 9.81. The van der Waals surface area contributed by atoms with Gasteiger partial charge < -0.3 is 10.4 Å². The van der Waals surface area contributed by atoms with Gasteiger partial charge in [-0.25, -0.2) is 0 Å². The van der Waals surface area contributed by atoms with E-state index >= 15 is 0 Å². The molecule has 0 amide bonds. The molecule has 0 aromatic carbocycles. The van der Waals surface area contributed by atoms with Crippen LogP contribution >= 0.6 is 0 Å². The fraction of sp³-hybridized carbons (Fsp3) is 1.00. The molecule has 17 heavy (non-hydrogen) atoms. The Morgan fingerprint density at radius 2 is 1.88 bits per heavy atom. The summed E-state index contributed by atoms with van der Waals surface area (Å²) in [7, 11) is 0. The summed E-state index contributed by atoms with van der Waals surface area (Å²) in [5, 5.41) is 13.4. The summed E-state index contributed by atoms with van der Waals surface area (Å²) >= 11 is 0. The number of hydrogen-bond acceptors (Lipinski definition) is 2. The van der Waals surface area contributed by atoms with Crippen LogP contribution in [0.15, 0.2) is 0 Å². The van der Waals surface area contributed by atoms with E-state index < -0.39 is 0 Å². The van der Waals surface area contributed by atoms with Crippen molar-refractivity contribution in [2.75, 3.05) is 6.54 Å². The Morgan fingerprint density at radius 1 is 1.24 bits per heavy atom. The molecule has 1 aliphatic rings. The van der Waals surface area contributed by atoms with Crippen molar-refractivity contribution in [3.05, 3.63) is 0 Å². The van der Waals surface area contributed by atoms with E-state index in [1.54, 1.807) is 0 Å². The molecule has 1 fully saturated rings. The number of aliphatic hydroxyl groups is 1. The van der Waals surface area contributed by atoms with Crippen LogP contribution in [-0.4, -0.2) is 23.8 Å². The Kier molecular flexibility index (Phi) is 5.94.